The highest BCUT2D eigenvalue weighted by molar-refractivity contribution is 5.89. The molecule has 1 saturated heterocycles. The zero-order chi connectivity index (χ0) is 20.8. The third-order valence-corrected chi connectivity index (χ3v) is 5.92. The van der Waals surface area contributed by atoms with E-state index in [4.69, 9.17) is 14.2 Å². The smallest absolute Gasteiger partial charge is 0.337 e. The van der Waals surface area contributed by atoms with E-state index in [0.29, 0.717) is 0 Å². The first-order chi connectivity index (χ1) is 13.2. The summed E-state index contributed by atoms with van der Waals surface area (Å²) in [7, 11) is 1.16. The van der Waals surface area contributed by atoms with Gasteiger partial charge in [-0.25, -0.2) is 4.79 Å². The molecule has 0 amide bonds. The number of methoxy groups -OCH3 is 1. The Morgan fingerprint density at radius 1 is 1.21 bits per heavy atom. The van der Waals surface area contributed by atoms with E-state index >= 15 is 0 Å². The first kappa shape index (κ1) is 21.4. The Bertz CT molecular complexity index is 622. The van der Waals surface area contributed by atoms with Crippen LogP contribution in [0.25, 0.3) is 0 Å². The maximum Gasteiger partial charge on any atom is 0.337 e. The fourth-order valence-corrected chi connectivity index (χ4v) is 4.19. The second-order valence-electron chi connectivity index (χ2n) is 7.42. The van der Waals surface area contributed by atoms with Gasteiger partial charge in [0.15, 0.2) is 6.29 Å². The molecule has 2 aliphatic heterocycles. The lowest BCUT2D eigenvalue weighted by Crippen LogP contribution is -2.60. The fraction of sp³-hybridized carbons (Fsp3) is 0.824. The van der Waals surface area contributed by atoms with Gasteiger partial charge in [0.25, 0.3) is 0 Å². The van der Waals surface area contributed by atoms with Crippen LogP contribution >= 0.6 is 0 Å². The second kappa shape index (κ2) is 7.84. The summed E-state index contributed by atoms with van der Waals surface area (Å²) in [5, 5.41) is 61.1. The van der Waals surface area contributed by atoms with Gasteiger partial charge in [0.2, 0.25) is 0 Å². The number of carbonyl (C=O) groups excluding carboxylic acids is 1. The van der Waals surface area contributed by atoms with Crippen molar-refractivity contribution in [1.29, 1.82) is 0 Å². The van der Waals surface area contributed by atoms with Crippen LogP contribution in [0.2, 0.25) is 0 Å². The summed E-state index contributed by atoms with van der Waals surface area (Å²) in [5.41, 5.74) is -1.72. The van der Waals surface area contributed by atoms with Crippen LogP contribution in [0.15, 0.2) is 11.8 Å². The number of rotatable bonds is 4. The van der Waals surface area contributed by atoms with Gasteiger partial charge in [-0.05, 0) is 0 Å². The quantitative estimate of drug-likeness (QED) is 0.257. The molecule has 2 heterocycles. The van der Waals surface area contributed by atoms with Crippen LogP contribution in [-0.4, -0.2) is 105 Å². The minimum Gasteiger partial charge on any atom is -0.498 e. The standard InChI is InChI=1S/C17H26O11/c1-6-14(28-16-13(22)12(21)10(19)8(3-18)27-16)11(20)9-7(15(23)25-2)4-26-5-17(6,9)24/h4,6,8-14,16,18-22,24H,3,5H2,1-2H3/t6-,8+,9-,10+,11+,12-,13+,14-,16-,17-/m0/s1. The third-order valence-electron chi connectivity index (χ3n) is 5.92. The van der Waals surface area contributed by atoms with Crippen LogP contribution in [0.4, 0.5) is 0 Å². The van der Waals surface area contributed by atoms with Crippen LogP contribution in [0.3, 0.4) is 0 Å². The first-order valence-electron chi connectivity index (χ1n) is 8.93. The molecule has 0 bridgehead atoms. The molecule has 0 spiro atoms. The average molecular weight is 406 g/mol. The molecule has 1 saturated carbocycles. The van der Waals surface area contributed by atoms with E-state index in [1.54, 1.807) is 6.92 Å². The van der Waals surface area contributed by atoms with Crippen LogP contribution in [0.1, 0.15) is 6.92 Å². The second-order valence-corrected chi connectivity index (χ2v) is 7.42. The Kier molecular flexibility index (Phi) is 5.99. The van der Waals surface area contributed by atoms with E-state index in [1.165, 1.54) is 0 Å². The summed E-state index contributed by atoms with van der Waals surface area (Å²) < 4.78 is 20.8. The van der Waals surface area contributed by atoms with Gasteiger partial charge in [0.1, 0.15) is 36.6 Å². The Morgan fingerprint density at radius 3 is 2.50 bits per heavy atom. The van der Waals surface area contributed by atoms with Crippen LogP contribution in [-0.2, 0) is 23.7 Å². The van der Waals surface area contributed by atoms with Crippen molar-refractivity contribution in [2.75, 3.05) is 20.3 Å². The lowest BCUT2D eigenvalue weighted by molar-refractivity contribution is -0.319. The molecule has 0 unspecified atom stereocenters. The number of aliphatic hydroxyl groups is 6. The van der Waals surface area contributed by atoms with Crippen LogP contribution < -0.4 is 0 Å². The lowest BCUT2D eigenvalue weighted by Gasteiger charge is -2.41. The van der Waals surface area contributed by atoms with Crippen molar-refractivity contribution in [3.63, 3.8) is 0 Å². The Balaban J connectivity index is 1.84. The monoisotopic (exact) mass is 406 g/mol. The van der Waals surface area contributed by atoms with Gasteiger partial charge in [-0.3, -0.25) is 0 Å². The highest BCUT2D eigenvalue weighted by Gasteiger charge is 2.63. The largest absolute Gasteiger partial charge is 0.498 e. The number of aliphatic hydroxyl groups excluding tert-OH is 5. The average Bonchev–Trinajstić information content (AvgIpc) is 2.88. The first-order valence-corrected chi connectivity index (χ1v) is 8.93. The number of hydrogen-bond acceptors (Lipinski definition) is 11. The SMILES string of the molecule is COC(=O)C1=COC[C@]2(O)[C@@H](C)[C@H](O[C@@H]3O[C@H](CO)[C@@H](O)[C@H](O)[C@H]3O)[C@H](O)[C@H]12. The minimum absolute atomic E-state index is 0.0597. The molecule has 2 fully saturated rings. The van der Waals surface area contributed by atoms with Gasteiger partial charge in [0, 0.05) is 5.92 Å². The van der Waals surface area contributed by atoms with Gasteiger partial charge >= 0.3 is 5.97 Å². The van der Waals surface area contributed by atoms with Crippen LogP contribution in [0.5, 0.6) is 0 Å². The number of ether oxygens (including phenoxy) is 4. The molecule has 11 heteroatoms. The van der Waals surface area contributed by atoms with Crippen molar-refractivity contribution < 1.29 is 54.4 Å². The molecule has 11 nitrogen and oxygen atoms in total. The van der Waals surface area contributed by atoms with Gasteiger partial charge in [-0.2, -0.15) is 0 Å². The van der Waals surface area contributed by atoms with E-state index in [2.05, 4.69) is 4.74 Å². The predicted octanol–water partition coefficient (Wildman–Crippen LogP) is -3.38. The minimum atomic E-state index is -1.67. The summed E-state index contributed by atoms with van der Waals surface area (Å²) in [4.78, 5) is 12.0. The van der Waals surface area contributed by atoms with Crippen molar-refractivity contribution in [2.24, 2.45) is 11.8 Å². The third kappa shape index (κ3) is 3.21. The Labute approximate surface area is 160 Å². The van der Waals surface area contributed by atoms with E-state index in [-0.39, 0.29) is 12.2 Å². The van der Waals surface area contributed by atoms with Crippen molar-refractivity contribution in [3.05, 3.63) is 11.8 Å². The lowest BCUT2D eigenvalue weighted by atomic mass is 9.79. The van der Waals surface area contributed by atoms with E-state index in [9.17, 15) is 35.4 Å². The normalized spacial score (nSPS) is 48.4. The fourth-order valence-electron chi connectivity index (χ4n) is 4.19. The zero-order valence-corrected chi connectivity index (χ0v) is 15.4. The molecule has 0 aromatic heterocycles. The highest BCUT2D eigenvalue weighted by atomic mass is 16.7. The Morgan fingerprint density at radius 2 is 1.89 bits per heavy atom. The molecular weight excluding hydrogens is 380 g/mol. The van der Waals surface area contributed by atoms with E-state index < -0.39 is 72.9 Å². The maximum atomic E-state index is 12.0. The molecule has 3 aliphatic rings. The summed E-state index contributed by atoms with van der Waals surface area (Å²) in [5.74, 6) is -2.62. The number of fused-ring (bicyclic) bond motifs is 1. The molecule has 0 radical (unpaired) electrons. The molecule has 160 valence electrons. The molecule has 0 aromatic rings. The van der Waals surface area contributed by atoms with Crippen molar-refractivity contribution in [1.82, 2.24) is 0 Å². The summed E-state index contributed by atoms with van der Waals surface area (Å²) in [6, 6.07) is 0. The number of carbonyl (C=O) groups is 1. The molecule has 3 rings (SSSR count). The van der Waals surface area contributed by atoms with Crippen molar-refractivity contribution in [3.8, 4) is 0 Å². The predicted molar refractivity (Wildman–Crippen MR) is 88.3 cm³/mol. The maximum absolute atomic E-state index is 12.0. The molecule has 0 aromatic carbocycles. The van der Waals surface area contributed by atoms with Gasteiger partial charge in [-0.1, -0.05) is 6.92 Å². The van der Waals surface area contributed by atoms with Crippen molar-refractivity contribution >= 4 is 5.97 Å². The summed E-state index contributed by atoms with van der Waals surface area (Å²) in [6.07, 6.45) is -8.93. The highest BCUT2D eigenvalue weighted by Crippen LogP contribution is 2.49. The molecule has 6 N–H and O–H groups in total. The zero-order valence-electron chi connectivity index (χ0n) is 15.4. The van der Waals surface area contributed by atoms with Crippen LogP contribution in [0, 0.1) is 11.8 Å². The molecule has 1 aliphatic carbocycles. The number of hydrogen-bond donors (Lipinski definition) is 6. The van der Waals surface area contributed by atoms with Gasteiger partial charge in [-0.15, -0.1) is 0 Å². The molecule has 28 heavy (non-hydrogen) atoms. The van der Waals surface area contributed by atoms with E-state index in [1.807, 2.05) is 0 Å². The number of esters is 1. The van der Waals surface area contributed by atoms with Crippen molar-refractivity contribution in [2.45, 2.75) is 55.4 Å². The topological polar surface area (TPSA) is 175 Å². The van der Waals surface area contributed by atoms with Gasteiger partial charge in [0.05, 0.1) is 43.7 Å². The molecule has 10 atom stereocenters. The Hall–Kier alpha value is -1.31. The molecular formula is C17H26O11. The van der Waals surface area contributed by atoms with E-state index in [0.717, 1.165) is 13.4 Å². The summed E-state index contributed by atoms with van der Waals surface area (Å²) >= 11 is 0. The van der Waals surface area contributed by atoms with Gasteiger partial charge < -0.3 is 49.6 Å². The summed E-state index contributed by atoms with van der Waals surface area (Å²) in [6.45, 7) is 0.732.